The van der Waals surface area contributed by atoms with Gasteiger partial charge in [0.2, 0.25) is 5.91 Å². The Bertz CT molecular complexity index is 440. The minimum atomic E-state index is -0.842. The fourth-order valence-electron chi connectivity index (χ4n) is 2.00. The zero-order valence-corrected chi connectivity index (χ0v) is 12.2. The van der Waals surface area contributed by atoms with Crippen LogP contribution < -0.4 is 5.32 Å². The third-order valence-corrected chi connectivity index (χ3v) is 3.29. The van der Waals surface area contributed by atoms with E-state index >= 15 is 0 Å². The standard InChI is InChI=1S/C16H23NO3/c1-3-4-14(16(19)20)11-17-15(18)10-9-13-7-5-12(2)6-8-13/h5-8,14H,3-4,9-11H2,1-2H3,(H,17,18)(H,19,20). The second-order valence-corrected chi connectivity index (χ2v) is 5.11. The predicted molar refractivity (Wildman–Crippen MR) is 78.5 cm³/mol. The number of hydrogen-bond donors (Lipinski definition) is 2. The number of amides is 1. The van der Waals surface area contributed by atoms with Crippen molar-refractivity contribution in [3.8, 4) is 0 Å². The zero-order valence-electron chi connectivity index (χ0n) is 12.2. The van der Waals surface area contributed by atoms with Crippen molar-refractivity contribution in [2.24, 2.45) is 5.92 Å². The van der Waals surface area contributed by atoms with E-state index in [1.165, 1.54) is 5.56 Å². The van der Waals surface area contributed by atoms with Crippen LogP contribution in [0.4, 0.5) is 0 Å². The molecule has 20 heavy (non-hydrogen) atoms. The van der Waals surface area contributed by atoms with Crippen molar-refractivity contribution in [3.63, 3.8) is 0 Å². The molecule has 0 aliphatic carbocycles. The molecule has 0 saturated carbocycles. The molecule has 110 valence electrons. The molecular weight excluding hydrogens is 254 g/mol. The molecule has 4 nitrogen and oxygen atoms in total. The first kappa shape index (κ1) is 16.2. The Kier molecular flexibility index (Phi) is 6.77. The molecule has 0 aliphatic heterocycles. The minimum absolute atomic E-state index is 0.0899. The first-order valence-electron chi connectivity index (χ1n) is 7.08. The smallest absolute Gasteiger partial charge is 0.308 e. The molecule has 0 radical (unpaired) electrons. The second-order valence-electron chi connectivity index (χ2n) is 5.11. The van der Waals surface area contributed by atoms with Crippen molar-refractivity contribution in [2.75, 3.05) is 6.54 Å². The molecule has 1 amide bonds. The number of hydrogen-bond acceptors (Lipinski definition) is 2. The maximum atomic E-state index is 11.7. The number of carbonyl (C=O) groups is 2. The van der Waals surface area contributed by atoms with E-state index in [4.69, 9.17) is 5.11 Å². The quantitative estimate of drug-likeness (QED) is 0.767. The third kappa shape index (κ3) is 5.87. The highest BCUT2D eigenvalue weighted by molar-refractivity contribution is 5.77. The molecule has 0 heterocycles. The lowest BCUT2D eigenvalue weighted by Gasteiger charge is -2.12. The minimum Gasteiger partial charge on any atom is -0.481 e. The van der Waals surface area contributed by atoms with E-state index in [0.717, 1.165) is 12.0 Å². The maximum absolute atomic E-state index is 11.7. The van der Waals surface area contributed by atoms with Crippen molar-refractivity contribution >= 4 is 11.9 Å². The Morgan fingerprint density at radius 3 is 2.45 bits per heavy atom. The van der Waals surface area contributed by atoms with Crippen LogP contribution in [0.3, 0.4) is 0 Å². The Morgan fingerprint density at radius 1 is 1.25 bits per heavy atom. The van der Waals surface area contributed by atoms with Crippen LogP contribution in [0.2, 0.25) is 0 Å². The molecular formula is C16H23NO3. The molecule has 0 saturated heterocycles. The molecule has 0 spiro atoms. The van der Waals surface area contributed by atoms with Gasteiger partial charge in [0.15, 0.2) is 0 Å². The number of carboxylic acids is 1. The van der Waals surface area contributed by atoms with Gasteiger partial charge in [-0.1, -0.05) is 43.2 Å². The summed E-state index contributed by atoms with van der Waals surface area (Å²) in [5.41, 5.74) is 2.32. The number of rotatable bonds is 8. The summed E-state index contributed by atoms with van der Waals surface area (Å²) in [4.78, 5) is 22.7. The van der Waals surface area contributed by atoms with Gasteiger partial charge in [-0.2, -0.15) is 0 Å². The molecule has 1 atom stereocenters. The number of aryl methyl sites for hydroxylation is 2. The summed E-state index contributed by atoms with van der Waals surface area (Å²) in [6.07, 6.45) is 2.46. The zero-order chi connectivity index (χ0) is 15.0. The summed E-state index contributed by atoms with van der Waals surface area (Å²) in [7, 11) is 0. The van der Waals surface area contributed by atoms with Crippen molar-refractivity contribution in [1.29, 1.82) is 0 Å². The van der Waals surface area contributed by atoms with Crippen LogP contribution in [0.5, 0.6) is 0 Å². The van der Waals surface area contributed by atoms with Gasteiger partial charge in [0.25, 0.3) is 0 Å². The van der Waals surface area contributed by atoms with E-state index in [2.05, 4.69) is 5.32 Å². The van der Waals surface area contributed by atoms with Crippen LogP contribution in [0.25, 0.3) is 0 Å². The van der Waals surface area contributed by atoms with Gasteiger partial charge in [-0.05, 0) is 25.3 Å². The van der Waals surface area contributed by atoms with Crippen LogP contribution in [0, 0.1) is 12.8 Å². The lowest BCUT2D eigenvalue weighted by molar-refractivity contribution is -0.141. The largest absolute Gasteiger partial charge is 0.481 e. The Hall–Kier alpha value is -1.84. The van der Waals surface area contributed by atoms with Gasteiger partial charge in [0, 0.05) is 13.0 Å². The summed E-state index contributed by atoms with van der Waals surface area (Å²) < 4.78 is 0. The molecule has 4 heteroatoms. The topological polar surface area (TPSA) is 66.4 Å². The Morgan fingerprint density at radius 2 is 1.90 bits per heavy atom. The van der Waals surface area contributed by atoms with Crippen molar-refractivity contribution < 1.29 is 14.7 Å². The van der Waals surface area contributed by atoms with E-state index in [-0.39, 0.29) is 12.5 Å². The molecule has 2 N–H and O–H groups in total. The number of nitrogens with one attached hydrogen (secondary N) is 1. The van der Waals surface area contributed by atoms with Crippen LogP contribution in [-0.2, 0) is 16.0 Å². The molecule has 1 rings (SSSR count). The SMILES string of the molecule is CCCC(CNC(=O)CCc1ccc(C)cc1)C(=O)O. The van der Waals surface area contributed by atoms with Gasteiger partial charge in [0.1, 0.15) is 0 Å². The number of benzene rings is 1. The molecule has 0 bridgehead atoms. The first-order chi connectivity index (χ1) is 9.52. The first-order valence-corrected chi connectivity index (χ1v) is 7.08. The van der Waals surface area contributed by atoms with Crippen molar-refractivity contribution in [3.05, 3.63) is 35.4 Å². The maximum Gasteiger partial charge on any atom is 0.308 e. The monoisotopic (exact) mass is 277 g/mol. The van der Waals surface area contributed by atoms with Crippen LogP contribution in [0.1, 0.15) is 37.3 Å². The van der Waals surface area contributed by atoms with E-state index < -0.39 is 11.9 Å². The van der Waals surface area contributed by atoms with Crippen molar-refractivity contribution in [2.45, 2.75) is 39.5 Å². The lowest BCUT2D eigenvalue weighted by atomic mass is 10.0. The lowest BCUT2D eigenvalue weighted by Crippen LogP contribution is -2.33. The highest BCUT2D eigenvalue weighted by Crippen LogP contribution is 2.07. The van der Waals surface area contributed by atoms with E-state index in [1.807, 2.05) is 38.1 Å². The molecule has 0 aromatic heterocycles. The van der Waals surface area contributed by atoms with Gasteiger partial charge in [-0.25, -0.2) is 0 Å². The van der Waals surface area contributed by atoms with E-state index in [9.17, 15) is 9.59 Å². The highest BCUT2D eigenvalue weighted by Gasteiger charge is 2.16. The van der Waals surface area contributed by atoms with Crippen molar-refractivity contribution in [1.82, 2.24) is 5.32 Å². The summed E-state index contributed by atoms with van der Waals surface area (Å²) in [5.74, 6) is -1.41. The molecule has 1 unspecified atom stereocenters. The summed E-state index contributed by atoms with van der Waals surface area (Å²) in [6.45, 7) is 4.18. The normalized spacial score (nSPS) is 11.9. The fraction of sp³-hybridized carbons (Fsp3) is 0.500. The van der Waals surface area contributed by atoms with Crippen LogP contribution in [0.15, 0.2) is 24.3 Å². The third-order valence-electron chi connectivity index (χ3n) is 3.29. The van der Waals surface area contributed by atoms with E-state index in [1.54, 1.807) is 0 Å². The second kappa shape index (κ2) is 8.35. The number of carboxylic acid groups (broad SMARTS) is 1. The summed E-state index contributed by atoms with van der Waals surface area (Å²) in [6, 6.07) is 8.07. The van der Waals surface area contributed by atoms with Gasteiger partial charge in [0.05, 0.1) is 5.92 Å². The average molecular weight is 277 g/mol. The molecule has 1 aromatic rings. The Labute approximate surface area is 120 Å². The van der Waals surface area contributed by atoms with Crippen LogP contribution >= 0.6 is 0 Å². The Balaban J connectivity index is 2.32. The molecule has 0 fully saturated rings. The van der Waals surface area contributed by atoms with E-state index in [0.29, 0.717) is 19.3 Å². The number of aliphatic carboxylic acids is 1. The van der Waals surface area contributed by atoms with Gasteiger partial charge in [-0.15, -0.1) is 0 Å². The highest BCUT2D eigenvalue weighted by atomic mass is 16.4. The van der Waals surface area contributed by atoms with Crippen LogP contribution in [-0.4, -0.2) is 23.5 Å². The number of carbonyl (C=O) groups excluding carboxylic acids is 1. The molecule has 1 aromatic carbocycles. The van der Waals surface area contributed by atoms with Gasteiger partial charge >= 0.3 is 5.97 Å². The molecule has 0 aliphatic rings. The predicted octanol–water partition coefficient (Wildman–Crippen LogP) is 2.54. The summed E-state index contributed by atoms with van der Waals surface area (Å²) in [5, 5.41) is 11.7. The van der Waals surface area contributed by atoms with Gasteiger partial charge < -0.3 is 10.4 Å². The summed E-state index contributed by atoms with van der Waals surface area (Å²) >= 11 is 0. The van der Waals surface area contributed by atoms with Gasteiger partial charge in [-0.3, -0.25) is 9.59 Å². The average Bonchev–Trinajstić information content (AvgIpc) is 2.42. The fourth-order valence-corrected chi connectivity index (χ4v) is 2.00.